The third kappa shape index (κ3) is 1.99. The second kappa shape index (κ2) is 3.62. The van der Waals surface area contributed by atoms with E-state index in [1.54, 1.807) is 0 Å². The number of nitrogens with one attached hydrogen (secondary N) is 1. The Bertz CT molecular complexity index is 432. The Morgan fingerprint density at radius 1 is 1.29 bits per heavy atom. The normalized spacial score (nSPS) is 10.4. The highest BCUT2D eigenvalue weighted by atomic mass is 15.2. The molecule has 0 atom stereocenters. The third-order valence-corrected chi connectivity index (χ3v) is 2.09. The number of H-pyrrole nitrogens is 1. The average molecular weight is 187 g/mol. The molecule has 3 heteroatoms. The first-order chi connectivity index (χ1) is 6.74. The van der Waals surface area contributed by atoms with Gasteiger partial charge in [-0.2, -0.15) is 5.10 Å². The molecule has 1 aromatic carbocycles. The maximum Gasteiger partial charge on any atom is 0.155 e. The zero-order valence-corrected chi connectivity index (χ0v) is 8.41. The van der Waals surface area contributed by atoms with E-state index in [0.29, 0.717) is 0 Å². The molecular weight excluding hydrogens is 174 g/mol. The molecular formula is C11H13N3. The summed E-state index contributed by atoms with van der Waals surface area (Å²) in [5.41, 5.74) is 2.53. The van der Waals surface area contributed by atoms with Crippen molar-refractivity contribution in [2.45, 2.75) is 20.3 Å². The van der Waals surface area contributed by atoms with Crippen LogP contribution in [0.3, 0.4) is 0 Å². The van der Waals surface area contributed by atoms with Crippen LogP contribution in [-0.4, -0.2) is 15.2 Å². The Morgan fingerprint density at radius 2 is 2.14 bits per heavy atom. The second-order valence-corrected chi connectivity index (χ2v) is 3.50. The molecule has 14 heavy (non-hydrogen) atoms. The third-order valence-electron chi connectivity index (χ3n) is 2.09. The van der Waals surface area contributed by atoms with Crippen molar-refractivity contribution in [3.63, 3.8) is 0 Å². The molecule has 0 aliphatic rings. The average Bonchev–Trinajstić information content (AvgIpc) is 2.51. The van der Waals surface area contributed by atoms with Crippen LogP contribution in [0.4, 0.5) is 0 Å². The molecule has 0 fully saturated rings. The van der Waals surface area contributed by atoms with Crippen LogP contribution >= 0.6 is 0 Å². The maximum absolute atomic E-state index is 4.27. The van der Waals surface area contributed by atoms with Gasteiger partial charge in [0, 0.05) is 6.42 Å². The Balaban J connectivity index is 2.18. The zero-order chi connectivity index (χ0) is 9.97. The van der Waals surface area contributed by atoms with E-state index in [1.165, 1.54) is 11.1 Å². The largest absolute Gasteiger partial charge is 0.263 e. The van der Waals surface area contributed by atoms with Crippen LogP contribution in [0.5, 0.6) is 0 Å². The molecule has 0 aliphatic carbocycles. The number of rotatable bonds is 2. The van der Waals surface area contributed by atoms with Crippen LogP contribution in [0, 0.1) is 13.8 Å². The Kier molecular flexibility index (Phi) is 2.31. The van der Waals surface area contributed by atoms with Gasteiger partial charge in [-0.1, -0.05) is 29.8 Å². The lowest BCUT2D eigenvalue weighted by Gasteiger charge is -1.98. The van der Waals surface area contributed by atoms with Crippen LogP contribution in [0.1, 0.15) is 22.8 Å². The number of benzene rings is 1. The fourth-order valence-electron chi connectivity index (χ4n) is 1.47. The fourth-order valence-corrected chi connectivity index (χ4v) is 1.47. The lowest BCUT2D eigenvalue weighted by atomic mass is 10.1. The van der Waals surface area contributed by atoms with Crippen molar-refractivity contribution in [1.82, 2.24) is 15.2 Å². The molecule has 72 valence electrons. The molecule has 0 spiro atoms. The van der Waals surface area contributed by atoms with Gasteiger partial charge >= 0.3 is 0 Å². The zero-order valence-electron chi connectivity index (χ0n) is 8.41. The van der Waals surface area contributed by atoms with E-state index in [1.807, 2.05) is 6.92 Å². The van der Waals surface area contributed by atoms with Gasteiger partial charge in [0.2, 0.25) is 0 Å². The number of aromatic nitrogens is 3. The van der Waals surface area contributed by atoms with E-state index in [9.17, 15) is 0 Å². The van der Waals surface area contributed by atoms with Crippen molar-refractivity contribution in [1.29, 1.82) is 0 Å². The number of hydrogen-bond acceptors (Lipinski definition) is 2. The molecule has 0 aliphatic heterocycles. The van der Waals surface area contributed by atoms with Gasteiger partial charge in [0.05, 0.1) is 0 Å². The second-order valence-electron chi connectivity index (χ2n) is 3.50. The van der Waals surface area contributed by atoms with E-state index < -0.39 is 0 Å². The molecule has 1 aromatic heterocycles. The Labute approximate surface area is 83.2 Å². The summed E-state index contributed by atoms with van der Waals surface area (Å²) in [6.07, 6.45) is 0.798. The Hall–Kier alpha value is -1.64. The van der Waals surface area contributed by atoms with Gasteiger partial charge < -0.3 is 0 Å². The lowest BCUT2D eigenvalue weighted by molar-refractivity contribution is 0.968. The van der Waals surface area contributed by atoms with E-state index in [-0.39, 0.29) is 0 Å². The van der Waals surface area contributed by atoms with Crippen molar-refractivity contribution < 1.29 is 0 Å². The van der Waals surface area contributed by atoms with Gasteiger partial charge in [-0.15, -0.1) is 0 Å². The van der Waals surface area contributed by atoms with E-state index in [4.69, 9.17) is 0 Å². The fraction of sp³-hybridized carbons (Fsp3) is 0.273. The van der Waals surface area contributed by atoms with Gasteiger partial charge in [0.15, 0.2) is 5.82 Å². The van der Waals surface area contributed by atoms with Crippen molar-refractivity contribution in [2.24, 2.45) is 0 Å². The molecule has 0 saturated heterocycles. The van der Waals surface area contributed by atoms with Crippen LogP contribution in [0.2, 0.25) is 0 Å². The summed E-state index contributed by atoms with van der Waals surface area (Å²) < 4.78 is 0. The number of aryl methyl sites for hydroxylation is 2. The van der Waals surface area contributed by atoms with Gasteiger partial charge in [-0.05, 0) is 19.4 Å². The highest BCUT2D eigenvalue weighted by molar-refractivity contribution is 5.24. The van der Waals surface area contributed by atoms with E-state index in [2.05, 4.69) is 46.4 Å². The molecule has 2 rings (SSSR count). The summed E-state index contributed by atoms with van der Waals surface area (Å²) in [6.45, 7) is 4.00. The minimum Gasteiger partial charge on any atom is -0.263 e. The molecule has 1 N–H and O–H groups in total. The van der Waals surface area contributed by atoms with E-state index in [0.717, 1.165) is 18.1 Å². The van der Waals surface area contributed by atoms with Crippen molar-refractivity contribution in [3.05, 3.63) is 47.0 Å². The molecule has 1 heterocycles. The Morgan fingerprint density at radius 3 is 2.79 bits per heavy atom. The van der Waals surface area contributed by atoms with Crippen LogP contribution in [0.15, 0.2) is 24.3 Å². The van der Waals surface area contributed by atoms with Crippen LogP contribution < -0.4 is 0 Å². The number of hydrogen-bond donors (Lipinski definition) is 1. The molecule has 0 bridgehead atoms. The summed E-state index contributed by atoms with van der Waals surface area (Å²) in [6, 6.07) is 8.40. The summed E-state index contributed by atoms with van der Waals surface area (Å²) in [4.78, 5) is 4.27. The molecule has 0 unspecified atom stereocenters. The highest BCUT2D eigenvalue weighted by Gasteiger charge is 2.01. The first-order valence-electron chi connectivity index (χ1n) is 4.67. The molecule has 0 amide bonds. The monoisotopic (exact) mass is 187 g/mol. The smallest absolute Gasteiger partial charge is 0.155 e. The van der Waals surface area contributed by atoms with Gasteiger partial charge in [-0.3, -0.25) is 5.10 Å². The van der Waals surface area contributed by atoms with Gasteiger partial charge in [-0.25, -0.2) is 4.98 Å². The van der Waals surface area contributed by atoms with Crippen molar-refractivity contribution in [2.75, 3.05) is 0 Å². The molecule has 0 saturated carbocycles. The predicted octanol–water partition coefficient (Wildman–Crippen LogP) is 2.01. The standard InChI is InChI=1S/C11H13N3/c1-8-4-3-5-10(6-8)7-11-12-9(2)13-14-11/h3-6H,7H2,1-2H3,(H,12,13,14). The first kappa shape index (κ1) is 8.94. The summed E-state index contributed by atoms with van der Waals surface area (Å²) in [7, 11) is 0. The lowest BCUT2D eigenvalue weighted by Crippen LogP contribution is -1.91. The van der Waals surface area contributed by atoms with Crippen LogP contribution in [0.25, 0.3) is 0 Å². The minimum atomic E-state index is 0.798. The van der Waals surface area contributed by atoms with Crippen LogP contribution in [-0.2, 0) is 6.42 Å². The molecule has 2 aromatic rings. The summed E-state index contributed by atoms with van der Waals surface area (Å²) in [5, 5.41) is 6.95. The SMILES string of the molecule is Cc1cccc(Cc2n[nH]c(C)n2)c1. The van der Waals surface area contributed by atoms with Crippen molar-refractivity contribution in [3.8, 4) is 0 Å². The molecule has 0 radical (unpaired) electrons. The topological polar surface area (TPSA) is 41.6 Å². The molecule has 3 nitrogen and oxygen atoms in total. The van der Waals surface area contributed by atoms with Gasteiger partial charge in [0.1, 0.15) is 5.82 Å². The highest BCUT2D eigenvalue weighted by Crippen LogP contribution is 2.07. The number of aromatic amines is 1. The maximum atomic E-state index is 4.27. The summed E-state index contributed by atoms with van der Waals surface area (Å²) >= 11 is 0. The van der Waals surface area contributed by atoms with Gasteiger partial charge in [0.25, 0.3) is 0 Å². The predicted molar refractivity (Wildman–Crippen MR) is 55.1 cm³/mol. The minimum absolute atomic E-state index is 0.798. The number of nitrogens with zero attached hydrogens (tertiary/aromatic N) is 2. The van der Waals surface area contributed by atoms with Crippen molar-refractivity contribution >= 4 is 0 Å². The first-order valence-corrected chi connectivity index (χ1v) is 4.67. The van der Waals surface area contributed by atoms with E-state index >= 15 is 0 Å². The quantitative estimate of drug-likeness (QED) is 0.781. The summed E-state index contributed by atoms with van der Waals surface area (Å²) in [5.74, 6) is 1.72.